The lowest BCUT2D eigenvalue weighted by molar-refractivity contribution is -0.122. The standard InChI is InChI=1S/C9H14N8O/c1-2-16-6-13-14-7(16)3-11-8(18)4-17-5-12-9(10)15-17/h5-6H,2-4H2,1H3,(H2,10,15)(H,11,18). The van der Waals surface area contributed by atoms with Crippen LogP contribution in [-0.2, 0) is 24.4 Å². The first-order valence-corrected chi connectivity index (χ1v) is 5.47. The molecule has 0 aliphatic heterocycles. The van der Waals surface area contributed by atoms with Gasteiger partial charge in [0.25, 0.3) is 0 Å². The maximum Gasteiger partial charge on any atom is 0.242 e. The number of hydrogen-bond acceptors (Lipinski definition) is 6. The topological polar surface area (TPSA) is 117 Å². The summed E-state index contributed by atoms with van der Waals surface area (Å²) in [5.41, 5.74) is 5.35. The van der Waals surface area contributed by atoms with E-state index in [-0.39, 0.29) is 18.4 Å². The summed E-state index contributed by atoms with van der Waals surface area (Å²) in [6.07, 6.45) is 3.03. The van der Waals surface area contributed by atoms with Crippen molar-refractivity contribution in [2.24, 2.45) is 0 Å². The third-order valence-electron chi connectivity index (χ3n) is 2.34. The number of nitrogen functional groups attached to an aromatic ring is 1. The van der Waals surface area contributed by atoms with Crippen molar-refractivity contribution >= 4 is 11.9 Å². The molecule has 0 saturated heterocycles. The van der Waals surface area contributed by atoms with Crippen LogP contribution in [0.2, 0.25) is 0 Å². The zero-order valence-corrected chi connectivity index (χ0v) is 9.94. The summed E-state index contributed by atoms with van der Waals surface area (Å²) in [4.78, 5) is 15.3. The predicted octanol–water partition coefficient (Wildman–Crippen LogP) is -1.21. The summed E-state index contributed by atoms with van der Waals surface area (Å²) in [6.45, 7) is 3.14. The predicted molar refractivity (Wildman–Crippen MR) is 62.0 cm³/mol. The molecule has 2 aromatic rings. The van der Waals surface area contributed by atoms with Gasteiger partial charge in [-0.3, -0.25) is 4.79 Å². The number of aromatic nitrogens is 6. The highest BCUT2D eigenvalue weighted by Gasteiger charge is 2.07. The van der Waals surface area contributed by atoms with Crippen molar-refractivity contribution < 1.29 is 4.79 Å². The van der Waals surface area contributed by atoms with Crippen LogP contribution in [0.1, 0.15) is 12.7 Å². The molecule has 1 amide bonds. The Kier molecular flexibility index (Phi) is 3.51. The Labute approximate surface area is 103 Å². The Morgan fingerprint density at radius 2 is 2.33 bits per heavy atom. The second kappa shape index (κ2) is 5.25. The Hall–Kier alpha value is -2.45. The van der Waals surface area contributed by atoms with E-state index in [1.807, 2.05) is 11.5 Å². The first-order valence-electron chi connectivity index (χ1n) is 5.47. The lowest BCUT2D eigenvalue weighted by Crippen LogP contribution is -2.28. The maximum atomic E-state index is 11.6. The van der Waals surface area contributed by atoms with Crippen molar-refractivity contribution in [2.45, 2.75) is 26.6 Å². The number of carbonyl (C=O) groups excluding carboxylic acids is 1. The van der Waals surface area contributed by atoms with Gasteiger partial charge in [0, 0.05) is 6.54 Å². The van der Waals surface area contributed by atoms with E-state index in [0.717, 1.165) is 6.54 Å². The normalized spacial score (nSPS) is 10.5. The lowest BCUT2D eigenvalue weighted by atomic mass is 10.5. The Morgan fingerprint density at radius 1 is 1.50 bits per heavy atom. The van der Waals surface area contributed by atoms with Gasteiger partial charge in [0.2, 0.25) is 11.9 Å². The molecule has 0 spiro atoms. The van der Waals surface area contributed by atoms with E-state index in [2.05, 4.69) is 25.6 Å². The zero-order chi connectivity index (χ0) is 13.0. The van der Waals surface area contributed by atoms with E-state index in [1.165, 1.54) is 11.0 Å². The van der Waals surface area contributed by atoms with Gasteiger partial charge in [-0.25, -0.2) is 9.67 Å². The molecule has 2 aromatic heterocycles. The molecule has 0 aliphatic rings. The van der Waals surface area contributed by atoms with Crippen LogP contribution in [0.5, 0.6) is 0 Å². The SMILES string of the molecule is CCn1cnnc1CNC(=O)Cn1cnc(N)n1. The molecule has 9 heteroatoms. The van der Waals surface area contributed by atoms with Gasteiger partial charge < -0.3 is 15.6 Å². The fraction of sp³-hybridized carbons (Fsp3) is 0.444. The van der Waals surface area contributed by atoms with Crippen molar-refractivity contribution in [1.82, 2.24) is 34.8 Å². The Balaban J connectivity index is 1.85. The van der Waals surface area contributed by atoms with Gasteiger partial charge in [0.1, 0.15) is 19.2 Å². The number of aryl methyl sites for hydroxylation is 1. The number of rotatable bonds is 5. The van der Waals surface area contributed by atoms with Crippen molar-refractivity contribution in [1.29, 1.82) is 0 Å². The molecule has 96 valence electrons. The second-order valence-electron chi connectivity index (χ2n) is 3.61. The highest BCUT2D eigenvalue weighted by atomic mass is 16.2. The van der Waals surface area contributed by atoms with E-state index in [1.54, 1.807) is 6.33 Å². The van der Waals surface area contributed by atoms with E-state index in [4.69, 9.17) is 5.73 Å². The highest BCUT2D eigenvalue weighted by molar-refractivity contribution is 5.75. The van der Waals surface area contributed by atoms with Crippen molar-refractivity contribution in [2.75, 3.05) is 5.73 Å². The molecule has 9 nitrogen and oxygen atoms in total. The number of carbonyl (C=O) groups is 1. The van der Waals surface area contributed by atoms with E-state index >= 15 is 0 Å². The molecular formula is C9H14N8O. The largest absolute Gasteiger partial charge is 0.367 e. The summed E-state index contributed by atoms with van der Waals surface area (Å²) in [7, 11) is 0. The summed E-state index contributed by atoms with van der Waals surface area (Å²) in [5, 5.41) is 14.2. The van der Waals surface area contributed by atoms with Crippen LogP contribution in [0.3, 0.4) is 0 Å². The van der Waals surface area contributed by atoms with Gasteiger partial charge in [0.15, 0.2) is 5.82 Å². The van der Waals surface area contributed by atoms with Gasteiger partial charge in [0.05, 0.1) is 6.54 Å². The highest BCUT2D eigenvalue weighted by Crippen LogP contribution is 1.94. The zero-order valence-electron chi connectivity index (χ0n) is 9.94. The molecule has 0 fully saturated rings. The van der Waals surface area contributed by atoms with Crippen molar-refractivity contribution in [3.63, 3.8) is 0 Å². The van der Waals surface area contributed by atoms with Crippen LogP contribution in [0, 0.1) is 0 Å². The van der Waals surface area contributed by atoms with E-state index < -0.39 is 0 Å². The first kappa shape index (κ1) is 12.0. The lowest BCUT2D eigenvalue weighted by Gasteiger charge is -2.05. The van der Waals surface area contributed by atoms with Crippen molar-refractivity contribution in [3.8, 4) is 0 Å². The Bertz CT molecular complexity index is 530. The number of nitrogens with one attached hydrogen (secondary N) is 1. The number of amides is 1. The molecular weight excluding hydrogens is 236 g/mol. The molecule has 2 rings (SSSR count). The van der Waals surface area contributed by atoms with Crippen LogP contribution in [0.25, 0.3) is 0 Å². The van der Waals surface area contributed by atoms with Crippen LogP contribution in [0.15, 0.2) is 12.7 Å². The third-order valence-corrected chi connectivity index (χ3v) is 2.34. The monoisotopic (exact) mass is 250 g/mol. The van der Waals surface area contributed by atoms with Gasteiger partial charge >= 0.3 is 0 Å². The van der Waals surface area contributed by atoms with Crippen LogP contribution in [0.4, 0.5) is 5.95 Å². The quantitative estimate of drug-likeness (QED) is 0.687. The molecule has 0 radical (unpaired) electrons. The minimum atomic E-state index is -0.189. The molecule has 0 saturated carbocycles. The molecule has 0 aliphatic carbocycles. The molecule has 2 heterocycles. The van der Waals surface area contributed by atoms with Crippen LogP contribution >= 0.6 is 0 Å². The number of anilines is 1. The van der Waals surface area contributed by atoms with Gasteiger partial charge in [-0.2, -0.15) is 0 Å². The van der Waals surface area contributed by atoms with Gasteiger partial charge in [-0.15, -0.1) is 15.3 Å². The van der Waals surface area contributed by atoms with Gasteiger partial charge in [-0.1, -0.05) is 0 Å². The summed E-state index contributed by atoms with van der Waals surface area (Å²) in [6, 6.07) is 0. The summed E-state index contributed by atoms with van der Waals surface area (Å²) < 4.78 is 3.23. The molecule has 0 unspecified atom stereocenters. The van der Waals surface area contributed by atoms with Crippen LogP contribution in [-0.4, -0.2) is 35.4 Å². The molecule has 18 heavy (non-hydrogen) atoms. The van der Waals surface area contributed by atoms with Crippen molar-refractivity contribution in [3.05, 3.63) is 18.5 Å². The Morgan fingerprint density at radius 3 is 3.00 bits per heavy atom. The number of hydrogen-bond donors (Lipinski definition) is 2. The fourth-order valence-electron chi connectivity index (χ4n) is 1.45. The molecule has 0 aromatic carbocycles. The average molecular weight is 250 g/mol. The number of nitrogens with two attached hydrogens (primary N) is 1. The molecule has 0 atom stereocenters. The third kappa shape index (κ3) is 2.81. The first-order chi connectivity index (χ1) is 8.69. The van der Waals surface area contributed by atoms with E-state index in [9.17, 15) is 4.79 Å². The fourth-order valence-corrected chi connectivity index (χ4v) is 1.45. The molecule has 3 N–H and O–H groups in total. The smallest absolute Gasteiger partial charge is 0.242 e. The van der Waals surface area contributed by atoms with Crippen LogP contribution < -0.4 is 11.1 Å². The second-order valence-corrected chi connectivity index (χ2v) is 3.61. The number of nitrogens with zero attached hydrogens (tertiary/aromatic N) is 6. The molecule has 0 bridgehead atoms. The maximum absolute atomic E-state index is 11.6. The summed E-state index contributed by atoms with van der Waals surface area (Å²) in [5.74, 6) is 0.669. The minimum absolute atomic E-state index is 0.0739. The van der Waals surface area contributed by atoms with E-state index in [0.29, 0.717) is 12.4 Å². The van der Waals surface area contributed by atoms with Gasteiger partial charge in [-0.05, 0) is 6.92 Å². The average Bonchev–Trinajstić information content (AvgIpc) is 2.95. The minimum Gasteiger partial charge on any atom is -0.367 e. The summed E-state index contributed by atoms with van der Waals surface area (Å²) >= 11 is 0.